The molecule has 0 unspecified atom stereocenters. The third-order valence-electron chi connectivity index (χ3n) is 7.54. The summed E-state index contributed by atoms with van der Waals surface area (Å²) in [4.78, 5) is 19.8. The van der Waals surface area contributed by atoms with Gasteiger partial charge in [0.1, 0.15) is 17.4 Å². The molecule has 1 aliphatic rings. The number of ether oxygens (including phenoxy) is 1. The van der Waals surface area contributed by atoms with Crippen molar-refractivity contribution in [3.05, 3.63) is 104 Å². The second-order valence-electron chi connectivity index (χ2n) is 11.5. The van der Waals surface area contributed by atoms with E-state index in [4.69, 9.17) is 44.5 Å². The Bertz CT molecular complexity index is 1670. The third-order valence-corrected chi connectivity index (χ3v) is 11.1. The molecule has 0 fully saturated rings. The predicted molar refractivity (Wildman–Crippen MR) is 199 cm³/mol. The molecule has 1 aliphatic carbocycles. The number of hydrogen-bond acceptors (Lipinski definition) is 4. The minimum Gasteiger partial charge on any atom is -0.487 e. The third kappa shape index (κ3) is 8.08. The first-order valence-electron chi connectivity index (χ1n) is 13.7. The van der Waals surface area contributed by atoms with Gasteiger partial charge in [-0.2, -0.15) is 0 Å². The molecule has 0 aliphatic heterocycles. The van der Waals surface area contributed by atoms with Crippen LogP contribution in [0.1, 0.15) is 59.1 Å². The maximum atomic E-state index is 13.7. The number of aliphatic imine (C=N–C) groups is 1. The van der Waals surface area contributed by atoms with Gasteiger partial charge in [0.25, 0.3) is 5.91 Å². The van der Waals surface area contributed by atoms with Crippen molar-refractivity contribution in [3.63, 3.8) is 0 Å². The summed E-state index contributed by atoms with van der Waals surface area (Å²) in [6.45, 7) is 7.22. The van der Waals surface area contributed by atoms with Gasteiger partial charge in [-0.1, -0.05) is 61.6 Å². The maximum Gasteiger partial charge on any atom is 0.259 e. The Kier molecular flexibility index (Phi) is 10.7. The Labute approximate surface area is 298 Å². The predicted octanol–water partition coefficient (Wildman–Crippen LogP) is 11.7. The maximum absolute atomic E-state index is 13.7. The number of benzene rings is 3. The molecule has 0 radical (unpaired) electrons. The Hall–Kier alpha value is -1.37. The molecule has 224 valence electrons. The normalized spacial score (nSPS) is 15.0. The number of nitrogens with zero attached hydrogens (tertiary/aromatic N) is 1. The van der Waals surface area contributed by atoms with Crippen LogP contribution in [0.15, 0.2) is 59.6 Å². The molecule has 0 bridgehead atoms. The Balaban J connectivity index is 1.42. The molecule has 4 aromatic rings. The van der Waals surface area contributed by atoms with Crippen molar-refractivity contribution in [2.75, 3.05) is 5.32 Å². The highest BCUT2D eigenvalue weighted by Crippen LogP contribution is 2.45. The van der Waals surface area contributed by atoms with E-state index in [1.165, 1.54) is 4.88 Å². The van der Waals surface area contributed by atoms with Crippen LogP contribution in [0.3, 0.4) is 0 Å². The van der Waals surface area contributed by atoms with E-state index in [-0.39, 0.29) is 11.3 Å². The van der Waals surface area contributed by atoms with Gasteiger partial charge in [-0.25, -0.2) is 4.99 Å². The van der Waals surface area contributed by atoms with E-state index in [9.17, 15) is 4.79 Å². The van der Waals surface area contributed by atoms with Crippen molar-refractivity contribution >= 4 is 114 Å². The smallest absolute Gasteiger partial charge is 0.259 e. The number of carbonyl (C=O) groups is 1. The first-order chi connectivity index (χ1) is 20.4. The summed E-state index contributed by atoms with van der Waals surface area (Å²) >= 11 is 24.6. The summed E-state index contributed by atoms with van der Waals surface area (Å²) in [5, 5.41) is 5.58. The van der Waals surface area contributed by atoms with E-state index in [0.717, 1.165) is 53.8 Å². The number of anilines is 1. The van der Waals surface area contributed by atoms with Crippen molar-refractivity contribution < 1.29 is 9.53 Å². The Morgan fingerprint density at radius 3 is 2.37 bits per heavy atom. The van der Waals surface area contributed by atoms with Crippen LogP contribution in [0, 0.1) is 18.5 Å². The molecule has 1 heterocycles. The molecule has 1 aromatic heterocycles. The second-order valence-corrected chi connectivity index (χ2v) is 16.2. The van der Waals surface area contributed by atoms with E-state index >= 15 is 0 Å². The van der Waals surface area contributed by atoms with Gasteiger partial charge in [-0.3, -0.25) is 4.79 Å². The van der Waals surface area contributed by atoms with Gasteiger partial charge >= 0.3 is 0 Å². The topological polar surface area (TPSA) is 50.7 Å². The lowest BCUT2D eigenvalue weighted by molar-refractivity contribution is 0.102. The molecule has 10 heteroatoms. The van der Waals surface area contributed by atoms with Crippen LogP contribution in [0.2, 0.25) is 15.1 Å². The van der Waals surface area contributed by atoms with Gasteiger partial charge in [-0.15, -0.1) is 11.3 Å². The molecule has 1 amide bonds. The highest BCUT2D eigenvalue weighted by Gasteiger charge is 2.33. The van der Waals surface area contributed by atoms with E-state index < -0.39 is 0 Å². The zero-order valence-corrected chi connectivity index (χ0v) is 31.1. The van der Waals surface area contributed by atoms with Gasteiger partial charge in [-0.05, 0) is 135 Å². The lowest BCUT2D eigenvalue weighted by Crippen LogP contribution is -2.27. The van der Waals surface area contributed by atoms with E-state index in [1.54, 1.807) is 35.6 Å². The van der Waals surface area contributed by atoms with Crippen LogP contribution in [-0.4, -0.2) is 12.1 Å². The molecular formula is C33H29Cl3I2N2O2S. The summed E-state index contributed by atoms with van der Waals surface area (Å²) in [6.07, 6.45) is 4.71. The Morgan fingerprint density at radius 2 is 1.72 bits per heavy atom. The number of fused-ring (bicyclic) bond motifs is 1. The molecule has 0 spiro atoms. The first-order valence-corrected chi connectivity index (χ1v) is 17.8. The fourth-order valence-electron chi connectivity index (χ4n) is 5.08. The van der Waals surface area contributed by atoms with Crippen LogP contribution in [0.4, 0.5) is 10.7 Å². The van der Waals surface area contributed by atoms with Gasteiger partial charge in [0.15, 0.2) is 0 Å². The number of hydrogen-bond donors (Lipinski definition) is 1. The molecular weight excluding hydrogens is 849 g/mol. The van der Waals surface area contributed by atoms with Crippen LogP contribution >= 0.6 is 91.3 Å². The molecule has 1 N–H and O–H groups in total. The minimum absolute atomic E-state index is 0.144. The minimum atomic E-state index is -0.144. The van der Waals surface area contributed by atoms with Gasteiger partial charge in [0, 0.05) is 37.4 Å². The highest BCUT2D eigenvalue weighted by atomic mass is 127. The number of halogens is 5. The largest absolute Gasteiger partial charge is 0.487 e. The molecule has 5 rings (SSSR count). The summed E-state index contributed by atoms with van der Waals surface area (Å²) in [5.74, 6) is 1.20. The van der Waals surface area contributed by atoms with Crippen molar-refractivity contribution in [1.29, 1.82) is 0 Å². The molecule has 0 saturated heterocycles. The van der Waals surface area contributed by atoms with E-state index in [1.807, 2.05) is 36.5 Å². The standard InChI is InChI=1S/C33H29Cl3I2N2O2S/c1-33(2,3)20-5-11-24-28(14-20)43-32(29(24)31(41)40-23-9-7-21(34)8-10-23)39-16-18-12-26(37)30(27(38)13-18)42-17-19-4-6-22(35)15-25(19)36/h4,6-10,12-13,15-16,20H,5,11,14,17H2,1-3H3,(H,40,41)/t20-/m0/s1. The lowest BCUT2D eigenvalue weighted by atomic mass is 9.72. The highest BCUT2D eigenvalue weighted by molar-refractivity contribution is 14.1. The van der Waals surface area contributed by atoms with Crippen LogP contribution in [0.5, 0.6) is 5.75 Å². The van der Waals surface area contributed by atoms with Crippen molar-refractivity contribution in [1.82, 2.24) is 0 Å². The number of carbonyl (C=O) groups excluding carboxylic acids is 1. The van der Waals surface area contributed by atoms with Crippen molar-refractivity contribution in [2.45, 2.75) is 46.6 Å². The quantitative estimate of drug-likeness (QED) is 0.149. The molecule has 0 saturated carbocycles. The van der Waals surface area contributed by atoms with Gasteiger partial charge in [0.2, 0.25) is 0 Å². The van der Waals surface area contributed by atoms with Crippen LogP contribution < -0.4 is 10.1 Å². The van der Waals surface area contributed by atoms with Gasteiger partial charge < -0.3 is 10.1 Å². The molecule has 4 nitrogen and oxygen atoms in total. The van der Waals surface area contributed by atoms with E-state index in [2.05, 4.69) is 71.3 Å². The number of rotatable bonds is 7. The van der Waals surface area contributed by atoms with Crippen molar-refractivity contribution in [3.8, 4) is 5.75 Å². The van der Waals surface area contributed by atoms with Crippen LogP contribution in [-0.2, 0) is 19.4 Å². The summed E-state index contributed by atoms with van der Waals surface area (Å²) < 4.78 is 8.06. The summed E-state index contributed by atoms with van der Waals surface area (Å²) in [7, 11) is 0. The molecule has 1 atom stereocenters. The fraction of sp³-hybridized carbons (Fsp3) is 0.273. The second kappa shape index (κ2) is 14.0. The SMILES string of the molecule is CC(C)(C)[C@H]1CCc2c(sc(N=Cc3cc(I)c(OCc4ccc(Cl)cc4Cl)c(I)c3)c2C(=O)Nc2ccc(Cl)cc2)C1. The summed E-state index contributed by atoms with van der Waals surface area (Å²) in [5.41, 5.74) is 4.48. The zero-order chi connectivity index (χ0) is 30.9. The number of amides is 1. The lowest BCUT2D eigenvalue weighted by Gasteiger charge is -2.33. The monoisotopic (exact) mass is 876 g/mol. The zero-order valence-electron chi connectivity index (χ0n) is 23.7. The van der Waals surface area contributed by atoms with Crippen LogP contribution in [0.25, 0.3) is 0 Å². The number of nitrogens with one attached hydrogen (secondary N) is 1. The fourth-order valence-corrected chi connectivity index (χ4v) is 9.06. The Morgan fingerprint density at radius 1 is 1.05 bits per heavy atom. The van der Waals surface area contributed by atoms with E-state index in [0.29, 0.717) is 38.8 Å². The summed E-state index contributed by atoms with van der Waals surface area (Å²) in [6, 6.07) is 16.6. The van der Waals surface area contributed by atoms with Crippen molar-refractivity contribution in [2.24, 2.45) is 16.3 Å². The molecule has 3 aromatic carbocycles. The average molecular weight is 878 g/mol. The number of thiophene rings is 1. The molecule has 43 heavy (non-hydrogen) atoms. The first kappa shape index (κ1) is 33.0. The van der Waals surface area contributed by atoms with Gasteiger partial charge in [0.05, 0.1) is 12.7 Å². The average Bonchev–Trinajstić information content (AvgIpc) is 3.31.